The average molecular weight is 241 g/mol. The predicted octanol–water partition coefficient (Wildman–Crippen LogP) is 4.00. The second kappa shape index (κ2) is 4.18. The van der Waals surface area contributed by atoms with Gasteiger partial charge in [0, 0.05) is 24.3 Å². The van der Waals surface area contributed by atoms with Crippen LogP contribution in [-0.2, 0) is 0 Å². The van der Waals surface area contributed by atoms with Gasteiger partial charge in [0.2, 0.25) is 0 Å². The maximum absolute atomic E-state index is 9.66. The third kappa shape index (κ3) is 1.89. The van der Waals surface area contributed by atoms with Crippen LogP contribution in [-0.4, -0.2) is 10.8 Å². The van der Waals surface area contributed by atoms with Crippen molar-refractivity contribution in [3.8, 4) is 11.1 Å². The summed E-state index contributed by atoms with van der Waals surface area (Å²) in [6.45, 7) is 0. The lowest BCUT2D eigenvalue weighted by Crippen LogP contribution is -1.97. The lowest BCUT2D eigenvalue weighted by molar-refractivity contribution is 0.402. The van der Waals surface area contributed by atoms with Gasteiger partial charge in [0.25, 0.3) is 0 Å². The van der Waals surface area contributed by atoms with E-state index in [1.165, 1.54) is 11.1 Å². The van der Waals surface area contributed by atoms with E-state index in [4.69, 9.17) is 0 Å². The fraction of sp³-hybridized carbons (Fsp3) is 0.0714. The average Bonchev–Trinajstić information content (AvgIpc) is 2.66. The zero-order chi connectivity index (χ0) is 11.7. The number of fused-ring (bicyclic) bond motifs is 1. The first-order chi connectivity index (χ1) is 8.34. The molecule has 3 rings (SSSR count). The monoisotopic (exact) mass is 241 g/mol. The number of aliphatic imine (C=N–C) groups is 1. The Labute approximate surface area is 104 Å². The Kier molecular flexibility index (Phi) is 2.53. The van der Waals surface area contributed by atoms with Crippen molar-refractivity contribution in [3.05, 3.63) is 58.6 Å². The molecule has 0 radical (unpaired) electrons. The molecule has 0 aromatic carbocycles. The number of aliphatic hydroxyl groups is 1. The molecule has 3 aliphatic rings. The van der Waals surface area contributed by atoms with Gasteiger partial charge < -0.3 is 5.11 Å². The maximum atomic E-state index is 9.66. The summed E-state index contributed by atoms with van der Waals surface area (Å²) in [7, 11) is 0. The molecule has 84 valence electrons. The van der Waals surface area contributed by atoms with Crippen molar-refractivity contribution in [2.45, 2.75) is 6.42 Å². The molecule has 0 spiro atoms. The molecule has 0 amide bonds. The highest BCUT2D eigenvalue weighted by Crippen LogP contribution is 2.30. The van der Waals surface area contributed by atoms with Crippen LogP contribution in [0.5, 0.6) is 0 Å². The first-order valence-corrected chi connectivity index (χ1v) is 6.36. The summed E-state index contributed by atoms with van der Waals surface area (Å²) >= 11 is 1.68. The van der Waals surface area contributed by atoms with Gasteiger partial charge in [-0.15, -0.1) is 0 Å². The lowest BCUT2D eigenvalue weighted by atomic mass is 10.1. The maximum Gasteiger partial charge on any atom is 0.0982 e. The molecule has 0 fully saturated rings. The van der Waals surface area contributed by atoms with Crippen LogP contribution in [0.4, 0.5) is 0 Å². The lowest BCUT2D eigenvalue weighted by Gasteiger charge is -2.03. The number of rotatable bonds is 1. The van der Waals surface area contributed by atoms with Crippen LogP contribution < -0.4 is 0 Å². The van der Waals surface area contributed by atoms with Gasteiger partial charge in [-0.3, -0.25) is 4.99 Å². The highest BCUT2D eigenvalue weighted by Gasteiger charge is 2.13. The van der Waals surface area contributed by atoms with E-state index in [9.17, 15) is 5.11 Å². The molecule has 0 bridgehead atoms. The van der Waals surface area contributed by atoms with Crippen LogP contribution in [0, 0.1) is 0 Å². The standard InChI is InChI=1S/C14H11NOS/c16-11-2-1-6-15-14(8-11)13-4-3-10-9-17-7-5-12(10)13/h1,3-9,16H,2H2. The molecule has 0 aromatic heterocycles. The number of allylic oxidation sites excluding steroid dienone is 2. The molecule has 2 nitrogen and oxygen atoms in total. The number of hydrogen-bond donors (Lipinski definition) is 1. The summed E-state index contributed by atoms with van der Waals surface area (Å²) in [6.07, 6.45) is 5.89. The molecule has 0 atom stereocenters. The van der Waals surface area contributed by atoms with Crippen LogP contribution >= 0.6 is 11.3 Å². The number of aliphatic hydroxyl groups excluding tert-OH is 1. The van der Waals surface area contributed by atoms with Crippen molar-refractivity contribution in [3.63, 3.8) is 0 Å². The Bertz CT molecular complexity index is 607. The van der Waals surface area contributed by atoms with Crippen LogP contribution in [0.25, 0.3) is 11.1 Å². The van der Waals surface area contributed by atoms with Gasteiger partial charge in [-0.1, -0.05) is 18.2 Å². The Balaban J connectivity index is 2.13. The smallest absolute Gasteiger partial charge is 0.0982 e. The fourth-order valence-electron chi connectivity index (χ4n) is 1.95. The summed E-state index contributed by atoms with van der Waals surface area (Å²) in [5.74, 6) is 0.352. The molecule has 2 heterocycles. The fourth-order valence-corrected chi connectivity index (χ4v) is 2.59. The minimum Gasteiger partial charge on any atom is -0.512 e. The minimum absolute atomic E-state index is 0.352. The van der Waals surface area contributed by atoms with E-state index in [1.54, 1.807) is 23.6 Å². The molecule has 17 heavy (non-hydrogen) atoms. The molecule has 1 N–H and O–H groups in total. The van der Waals surface area contributed by atoms with Crippen molar-refractivity contribution in [2.24, 2.45) is 4.99 Å². The zero-order valence-electron chi connectivity index (χ0n) is 9.13. The largest absolute Gasteiger partial charge is 0.512 e. The van der Waals surface area contributed by atoms with Gasteiger partial charge >= 0.3 is 0 Å². The Hall–Kier alpha value is -1.87. The molecule has 0 aromatic rings. The van der Waals surface area contributed by atoms with Crippen LogP contribution in [0.3, 0.4) is 0 Å². The Morgan fingerprint density at radius 1 is 1.18 bits per heavy atom. The van der Waals surface area contributed by atoms with Crippen molar-refractivity contribution >= 4 is 17.0 Å². The van der Waals surface area contributed by atoms with Crippen LogP contribution in [0.15, 0.2) is 58.1 Å². The summed E-state index contributed by atoms with van der Waals surface area (Å²) < 4.78 is 0. The highest BCUT2D eigenvalue weighted by molar-refractivity contribution is 7.07. The van der Waals surface area contributed by atoms with Crippen molar-refractivity contribution in [1.29, 1.82) is 0 Å². The van der Waals surface area contributed by atoms with E-state index in [0.29, 0.717) is 12.2 Å². The first-order valence-electron chi connectivity index (χ1n) is 5.42. The van der Waals surface area contributed by atoms with Gasteiger partial charge in [-0.25, -0.2) is 0 Å². The van der Waals surface area contributed by atoms with E-state index >= 15 is 0 Å². The molecular weight excluding hydrogens is 230 g/mol. The normalized spacial score (nSPS) is 15.5. The Morgan fingerprint density at radius 2 is 2.12 bits per heavy atom. The van der Waals surface area contributed by atoms with E-state index in [-0.39, 0.29) is 0 Å². The predicted molar refractivity (Wildman–Crippen MR) is 71.9 cm³/mol. The van der Waals surface area contributed by atoms with Gasteiger partial charge in [0.15, 0.2) is 0 Å². The molecule has 3 heteroatoms. The number of nitrogens with zero attached hydrogens (tertiary/aromatic N) is 1. The molecule has 0 unspecified atom stereocenters. The minimum atomic E-state index is 0.352. The van der Waals surface area contributed by atoms with Crippen LogP contribution in [0.1, 0.15) is 12.0 Å². The summed E-state index contributed by atoms with van der Waals surface area (Å²) in [4.78, 5) is 4.37. The second-order valence-corrected chi connectivity index (χ2v) is 4.69. The summed E-state index contributed by atoms with van der Waals surface area (Å²) in [6, 6.07) is 6.24. The van der Waals surface area contributed by atoms with Crippen molar-refractivity contribution in [1.82, 2.24) is 0 Å². The van der Waals surface area contributed by atoms with Crippen molar-refractivity contribution < 1.29 is 5.11 Å². The van der Waals surface area contributed by atoms with E-state index in [1.807, 2.05) is 6.08 Å². The van der Waals surface area contributed by atoms with Gasteiger partial charge in [-0.05, 0) is 28.0 Å². The van der Waals surface area contributed by atoms with Crippen LogP contribution in [0.2, 0.25) is 0 Å². The molecule has 2 aliphatic heterocycles. The second-order valence-electron chi connectivity index (χ2n) is 3.91. The first kappa shape index (κ1) is 10.3. The Morgan fingerprint density at radius 3 is 3.06 bits per heavy atom. The van der Waals surface area contributed by atoms with E-state index < -0.39 is 0 Å². The topological polar surface area (TPSA) is 32.6 Å². The molecule has 1 aliphatic carbocycles. The zero-order valence-corrected chi connectivity index (χ0v) is 9.95. The molecule has 0 saturated heterocycles. The highest BCUT2D eigenvalue weighted by atomic mass is 32.1. The summed E-state index contributed by atoms with van der Waals surface area (Å²) in [5.41, 5.74) is 4.30. The van der Waals surface area contributed by atoms with E-state index in [2.05, 4.69) is 34.0 Å². The van der Waals surface area contributed by atoms with Gasteiger partial charge in [-0.2, -0.15) is 11.3 Å². The molecular formula is C14H11NOS. The molecule has 0 saturated carbocycles. The van der Waals surface area contributed by atoms with Gasteiger partial charge in [0.05, 0.1) is 11.5 Å². The SMILES string of the molecule is OC1=CC(c2ccc3csccc2-3)=NC=CC1. The van der Waals surface area contributed by atoms with Gasteiger partial charge in [0.1, 0.15) is 0 Å². The summed E-state index contributed by atoms with van der Waals surface area (Å²) in [5, 5.41) is 13.8. The third-order valence-electron chi connectivity index (χ3n) is 2.76. The van der Waals surface area contributed by atoms with Crippen molar-refractivity contribution in [2.75, 3.05) is 0 Å². The van der Waals surface area contributed by atoms with E-state index in [0.717, 1.165) is 11.3 Å². The third-order valence-corrected chi connectivity index (χ3v) is 3.45. The number of hydrogen-bond acceptors (Lipinski definition) is 3. The quantitative estimate of drug-likeness (QED) is 0.804.